The van der Waals surface area contributed by atoms with Gasteiger partial charge in [-0.05, 0) is 69.0 Å². The number of nitrogens with zero attached hydrogens (tertiary/aromatic N) is 3. The first-order valence-electron chi connectivity index (χ1n) is 12.9. The van der Waals surface area contributed by atoms with E-state index in [4.69, 9.17) is 9.90 Å². The molecule has 0 unspecified atom stereocenters. The average Bonchev–Trinajstić information content (AvgIpc) is 3.57. The highest BCUT2D eigenvalue weighted by Gasteiger charge is 2.64. The number of urea groups is 1. The van der Waals surface area contributed by atoms with E-state index in [1.165, 1.54) is 0 Å². The number of rotatable bonds is 2. The molecule has 3 amide bonds. The average molecular weight is 525 g/mol. The first-order chi connectivity index (χ1) is 17.5. The second-order valence-electron chi connectivity index (χ2n) is 10.9. The van der Waals surface area contributed by atoms with Gasteiger partial charge in [-0.2, -0.15) is 13.2 Å². The Morgan fingerprint density at radius 1 is 0.946 bits per heavy atom. The van der Waals surface area contributed by atoms with Gasteiger partial charge in [0.25, 0.3) is 0 Å². The first-order valence-corrected chi connectivity index (χ1v) is 12.9. The van der Waals surface area contributed by atoms with E-state index in [-0.39, 0.29) is 16.9 Å². The number of hydrogen-bond donors (Lipinski definition) is 2. The van der Waals surface area contributed by atoms with Gasteiger partial charge in [-0.1, -0.05) is 18.2 Å². The molecular weight excluding hydrogens is 489 g/mol. The van der Waals surface area contributed by atoms with Gasteiger partial charge in [0.15, 0.2) is 0 Å². The van der Waals surface area contributed by atoms with Crippen LogP contribution in [0.1, 0.15) is 38.5 Å². The Kier molecular flexibility index (Phi) is 7.73. The molecular formula is C26H35F3N4O4. The number of halogens is 3. The number of carboxylic acid groups (broad SMARTS) is 1. The third kappa shape index (κ3) is 5.56. The fourth-order valence-corrected chi connectivity index (χ4v) is 6.86. The Morgan fingerprint density at radius 2 is 1.54 bits per heavy atom. The zero-order chi connectivity index (χ0) is 26.8. The number of anilines is 1. The van der Waals surface area contributed by atoms with Gasteiger partial charge in [-0.15, -0.1) is 0 Å². The molecule has 1 aromatic rings. The van der Waals surface area contributed by atoms with Crippen LogP contribution in [0.4, 0.5) is 23.7 Å². The standard InChI is InChI=1S/C24H34N4O2.C2HF3O2/c1-26-17-20-23(9-10-24(20,18-26)21(29)27-13-5-6-14-27)11-15-28(16-12-23)22(30)25-19-7-3-2-4-8-19;3-2(4,5)1(6)7/h2-4,7-8,20H,5-6,9-18H2,1H3,(H,25,30);(H,6,7)/t20-,24+;/m0./s1. The summed E-state index contributed by atoms with van der Waals surface area (Å²) in [5.41, 5.74) is 0.869. The van der Waals surface area contributed by atoms with Crippen molar-refractivity contribution in [2.75, 3.05) is 51.6 Å². The number of fused-ring (bicyclic) bond motifs is 2. The van der Waals surface area contributed by atoms with Crippen molar-refractivity contribution in [3.63, 3.8) is 0 Å². The summed E-state index contributed by atoms with van der Waals surface area (Å²) in [6.07, 6.45) is 1.41. The molecule has 3 heterocycles. The lowest BCUT2D eigenvalue weighted by atomic mass is 9.65. The highest BCUT2D eigenvalue weighted by Crippen LogP contribution is 2.62. The summed E-state index contributed by atoms with van der Waals surface area (Å²) in [4.78, 5) is 41.7. The van der Waals surface area contributed by atoms with Gasteiger partial charge < -0.3 is 25.1 Å². The Hall–Kier alpha value is -2.82. The van der Waals surface area contributed by atoms with Crippen LogP contribution in [0.25, 0.3) is 0 Å². The van der Waals surface area contributed by atoms with Crippen LogP contribution >= 0.6 is 0 Å². The van der Waals surface area contributed by atoms with E-state index in [0.717, 1.165) is 83.5 Å². The second-order valence-corrected chi connectivity index (χ2v) is 10.9. The summed E-state index contributed by atoms with van der Waals surface area (Å²) in [5.74, 6) is -1.90. The normalized spacial score (nSPS) is 27.0. The first kappa shape index (κ1) is 27.2. The van der Waals surface area contributed by atoms with E-state index in [1.807, 2.05) is 35.2 Å². The van der Waals surface area contributed by atoms with Crippen molar-refractivity contribution in [3.8, 4) is 0 Å². The van der Waals surface area contributed by atoms with Crippen molar-refractivity contribution in [2.45, 2.75) is 44.7 Å². The summed E-state index contributed by atoms with van der Waals surface area (Å²) in [7, 11) is 2.17. The smallest absolute Gasteiger partial charge is 0.475 e. The molecule has 4 aliphatic rings. The topological polar surface area (TPSA) is 93.2 Å². The maximum absolute atomic E-state index is 13.6. The molecule has 1 saturated carbocycles. The molecule has 2 N–H and O–H groups in total. The maximum atomic E-state index is 13.6. The van der Waals surface area contributed by atoms with Crippen LogP contribution in [-0.2, 0) is 9.59 Å². The van der Waals surface area contributed by atoms with Gasteiger partial charge in [0, 0.05) is 45.0 Å². The number of carbonyl (C=O) groups excluding carboxylic acids is 2. The molecule has 8 nitrogen and oxygen atoms in total. The Morgan fingerprint density at radius 3 is 2.11 bits per heavy atom. The van der Waals surface area contributed by atoms with Gasteiger partial charge in [0.2, 0.25) is 5.91 Å². The Balaban J connectivity index is 0.000000405. The van der Waals surface area contributed by atoms with Crippen molar-refractivity contribution >= 4 is 23.6 Å². The zero-order valence-corrected chi connectivity index (χ0v) is 21.1. The number of likely N-dealkylation sites (tertiary alicyclic amines) is 3. The van der Waals surface area contributed by atoms with E-state index in [2.05, 4.69) is 22.2 Å². The molecule has 5 rings (SSSR count). The second kappa shape index (κ2) is 10.5. The number of nitrogens with one attached hydrogen (secondary N) is 1. The number of piperidine rings is 1. The molecule has 37 heavy (non-hydrogen) atoms. The fraction of sp³-hybridized carbons (Fsp3) is 0.654. The number of hydrogen-bond acceptors (Lipinski definition) is 4. The summed E-state index contributed by atoms with van der Waals surface area (Å²) in [6, 6.07) is 9.67. The number of alkyl halides is 3. The SMILES string of the molecule is CN1C[C@H]2C3(CCN(C(=O)Nc4ccccc4)CC3)CC[C@@]2(C(=O)N2CCCC2)C1.O=C(O)C(F)(F)F. The molecule has 1 aromatic carbocycles. The third-order valence-corrected chi connectivity index (χ3v) is 8.65. The quantitative estimate of drug-likeness (QED) is 0.612. The number of aliphatic carboxylic acids is 1. The zero-order valence-electron chi connectivity index (χ0n) is 21.1. The van der Waals surface area contributed by atoms with Gasteiger partial charge in [0.1, 0.15) is 0 Å². The molecule has 0 bridgehead atoms. The van der Waals surface area contributed by atoms with E-state index < -0.39 is 12.1 Å². The molecule has 2 atom stereocenters. The van der Waals surface area contributed by atoms with Crippen molar-refractivity contribution in [3.05, 3.63) is 30.3 Å². The molecule has 204 valence electrons. The minimum absolute atomic E-state index is 0.00278. The van der Waals surface area contributed by atoms with E-state index in [0.29, 0.717) is 11.8 Å². The number of carbonyl (C=O) groups is 3. The summed E-state index contributed by atoms with van der Waals surface area (Å²) >= 11 is 0. The molecule has 1 spiro atoms. The highest BCUT2D eigenvalue weighted by molar-refractivity contribution is 5.89. The molecule has 1 aliphatic carbocycles. The number of carboxylic acids is 1. The number of amides is 3. The Bertz CT molecular complexity index is 991. The van der Waals surface area contributed by atoms with Crippen LogP contribution in [0.5, 0.6) is 0 Å². The molecule has 11 heteroatoms. The van der Waals surface area contributed by atoms with Crippen molar-refractivity contribution in [1.82, 2.24) is 14.7 Å². The summed E-state index contributed by atoms with van der Waals surface area (Å²) < 4.78 is 31.7. The van der Waals surface area contributed by atoms with Crippen LogP contribution < -0.4 is 5.32 Å². The summed E-state index contributed by atoms with van der Waals surface area (Å²) in [5, 5.41) is 10.1. The van der Waals surface area contributed by atoms with Crippen molar-refractivity contribution < 1.29 is 32.7 Å². The molecule has 0 aromatic heterocycles. The lowest BCUT2D eigenvalue weighted by Gasteiger charge is -2.44. The minimum atomic E-state index is -5.08. The van der Waals surface area contributed by atoms with Gasteiger partial charge >= 0.3 is 18.2 Å². The van der Waals surface area contributed by atoms with Gasteiger partial charge in [-0.25, -0.2) is 9.59 Å². The van der Waals surface area contributed by atoms with Crippen LogP contribution in [0.2, 0.25) is 0 Å². The van der Waals surface area contributed by atoms with Crippen LogP contribution in [-0.4, -0.2) is 90.2 Å². The fourth-order valence-electron chi connectivity index (χ4n) is 6.86. The van der Waals surface area contributed by atoms with Gasteiger partial charge in [-0.3, -0.25) is 4.79 Å². The van der Waals surface area contributed by atoms with E-state index in [1.54, 1.807) is 0 Å². The lowest BCUT2D eigenvalue weighted by molar-refractivity contribution is -0.192. The summed E-state index contributed by atoms with van der Waals surface area (Å²) in [6.45, 7) is 5.39. The maximum Gasteiger partial charge on any atom is 0.490 e. The predicted octanol–water partition coefficient (Wildman–Crippen LogP) is 3.90. The largest absolute Gasteiger partial charge is 0.490 e. The number of para-hydroxylation sites is 1. The monoisotopic (exact) mass is 524 g/mol. The van der Waals surface area contributed by atoms with Crippen LogP contribution in [0.15, 0.2) is 30.3 Å². The third-order valence-electron chi connectivity index (χ3n) is 8.65. The Labute approximate surface area is 214 Å². The lowest BCUT2D eigenvalue weighted by Crippen LogP contribution is -2.50. The van der Waals surface area contributed by atoms with E-state index in [9.17, 15) is 22.8 Å². The van der Waals surface area contributed by atoms with E-state index >= 15 is 0 Å². The predicted molar refractivity (Wildman–Crippen MR) is 131 cm³/mol. The molecule has 4 fully saturated rings. The van der Waals surface area contributed by atoms with Gasteiger partial charge in [0.05, 0.1) is 5.41 Å². The number of benzene rings is 1. The highest BCUT2D eigenvalue weighted by atomic mass is 19.4. The molecule has 3 aliphatic heterocycles. The minimum Gasteiger partial charge on any atom is -0.475 e. The van der Waals surface area contributed by atoms with Crippen molar-refractivity contribution in [2.24, 2.45) is 16.7 Å². The van der Waals surface area contributed by atoms with Crippen LogP contribution in [0, 0.1) is 16.7 Å². The molecule has 3 saturated heterocycles. The molecule has 0 radical (unpaired) electrons. The van der Waals surface area contributed by atoms with Crippen LogP contribution in [0.3, 0.4) is 0 Å². The van der Waals surface area contributed by atoms with Crippen molar-refractivity contribution in [1.29, 1.82) is 0 Å².